The second-order valence-corrected chi connectivity index (χ2v) is 7.29. The number of carboxylic acids is 1. The highest BCUT2D eigenvalue weighted by molar-refractivity contribution is 6.00. The maximum atomic E-state index is 12.9. The first-order valence-corrected chi connectivity index (χ1v) is 9.17. The summed E-state index contributed by atoms with van der Waals surface area (Å²) < 4.78 is 5.62. The van der Waals surface area contributed by atoms with Crippen molar-refractivity contribution < 1.29 is 19.4 Å². The molecule has 27 heavy (non-hydrogen) atoms. The summed E-state index contributed by atoms with van der Waals surface area (Å²) in [5.74, 6) is -2.35. The van der Waals surface area contributed by atoms with E-state index >= 15 is 0 Å². The molecule has 2 N–H and O–H groups in total. The van der Waals surface area contributed by atoms with Crippen LogP contribution in [0.1, 0.15) is 30.9 Å². The standard InChI is InChI=1S/C22H25NO4/c1-14(2)22(13-23-3,20(24)25)21(26)27-12-19-17-10-6-4-8-15(17)16-9-5-7-11-18(16)19/h4-11,14,19,23H,12-13H2,1-3H3,(H,24,25)/t22-/m0/s1. The predicted molar refractivity (Wildman–Crippen MR) is 104 cm³/mol. The van der Waals surface area contributed by atoms with E-state index in [1.54, 1.807) is 20.9 Å². The van der Waals surface area contributed by atoms with Gasteiger partial charge in [0.15, 0.2) is 5.41 Å². The molecule has 0 saturated carbocycles. The fraction of sp³-hybridized carbons (Fsp3) is 0.364. The monoisotopic (exact) mass is 367 g/mol. The van der Waals surface area contributed by atoms with E-state index < -0.39 is 23.3 Å². The van der Waals surface area contributed by atoms with Crippen LogP contribution in [0, 0.1) is 11.3 Å². The van der Waals surface area contributed by atoms with Crippen molar-refractivity contribution in [1.29, 1.82) is 0 Å². The largest absolute Gasteiger partial charge is 0.480 e. The summed E-state index contributed by atoms with van der Waals surface area (Å²) in [6.45, 7) is 3.61. The van der Waals surface area contributed by atoms with Crippen molar-refractivity contribution in [3.8, 4) is 11.1 Å². The Hall–Kier alpha value is -2.66. The van der Waals surface area contributed by atoms with Crippen molar-refractivity contribution in [2.24, 2.45) is 11.3 Å². The summed E-state index contributed by atoms with van der Waals surface area (Å²) >= 11 is 0. The van der Waals surface area contributed by atoms with Crippen LogP contribution in [0.2, 0.25) is 0 Å². The molecule has 5 heteroatoms. The zero-order valence-electron chi connectivity index (χ0n) is 15.9. The lowest BCUT2D eigenvalue weighted by molar-refractivity contribution is -0.172. The number of ether oxygens (including phenoxy) is 1. The van der Waals surface area contributed by atoms with E-state index in [4.69, 9.17) is 4.74 Å². The molecule has 0 saturated heterocycles. The smallest absolute Gasteiger partial charge is 0.325 e. The molecule has 3 rings (SSSR count). The fourth-order valence-corrected chi connectivity index (χ4v) is 3.93. The van der Waals surface area contributed by atoms with Crippen LogP contribution < -0.4 is 5.32 Å². The van der Waals surface area contributed by atoms with Crippen LogP contribution in [-0.4, -0.2) is 37.2 Å². The van der Waals surface area contributed by atoms with E-state index in [0.29, 0.717) is 0 Å². The van der Waals surface area contributed by atoms with Gasteiger partial charge in [-0.2, -0.15) is 0 Å². The molecule has 0 bridgehead atoms. The van der Waals surface area contributed by atoms with Gasteiger partial charge in [-0.1, -0.05) is 62.4 Å². The van der Waals surface area contributed by atoms with E-state index in [-0.39, 0.29) is 19.1 Å². The van der Waals surface area contributed by atoms with Crippen LogP contribution in [0.3, 0.4) is 0 Å². The Morgan fingerprint density at radius 2 is 1.59 bits per heavy atom. The molecule has 0 aliphatic heterocycles. The van der Waals surface area contributed by atoms with Gasteiger partial charge in [0, 0.05) is 12.5 Å². The van der Waals surface area contributed by atoms with Crippen molar-refractivity contribution in [2.45, 2.75) is 19.8 Å². The normalized spacial score (nSPS) is 15.1. The summed E-state index contributed by atoms with van der Waals surface area (Å²) in [6.07, 6.45) is 0. The number of benzene rings is 2. The molecule has 2 aromatic rings. The van der Waals surface area contributed by atoms with Gasteiger partial charge in [-0.3, -0.25) is 9.59 Å². The van der Waals surface area contributed by atoms with E-state index in [2.05, 4.69) is 17.4 Å². The SMILES string of the molecule is CNC[C@](C(=O)O)(C(=O)OCC1c2ccccc2-c2ccccc21)C(C)C. The summed E-state index contributed by atoms with van der Waals surface area (Å²) in [5.41, 5.74) is 2.87. The molecule has 5 nitrogen and oxygen atoms in total. The number of rotatable bonds is 7. The van der Waals surface area contributed by atoms with E-state index in [1.165, 1.54) is 0 Å². The fourth-order valence-electron chi connectivity index (χ4n) is 3.93. The maximum Gasteiger partial charge on any atom is 0.325 e. The lowest BCUT2D eigenvalue weighted by Gasteiger charge is -2.31. The van der Waals surface area contributed by atoms with Gasteiger partial charge in [0.1, 0.15) is 6.61 Å². The van der Waals surface area contributed by atoms with Gasteiger partial charge in [-0.15, -0.1) is 0 Å². The van der Waals surface area contributed by atoms with Crippen molar-refractivity contribution in [3.05, 3.63) is 59.7 Å². The topological polar surface area (TPSA) is 75.6 Å². The quantitative estimate of drug-likeness (QED) is 0.580. The molecule has 0 aromatic heterocycles. The highest BCUT2D eigenvalue weighted by Gasteiger charge is 2.50. The summed E-state index contributed by atoms with van der Waals surface area (Å²) in [4.78, 5) is 24.8. The molecule has 0 amide bonds. The van der Waals surface area contributed by atoms with Crippen molar-refractivity contribution in [1.82, 2.24) is 5.32 Å². The van der Waals surface area contributed by atoms with Gasteiger partial charge < -0.3 is 15.2 Å². The Morgan fingerprint density at radius 3 is 2.04 bits per heavy atom. The molecule has 0 spiro atoms. The van der Waals surface area contributed by atoms with Crippen LogP contribution in [0.4, 0.5) is 0 Å². The minimum atomic E-state index is -1.60. The lowest BCUT2D eigenvalue weighted by atomic mass is 9.77. The van der Waals surface area contributed by atoms with Gasteiger partial charge in [0.2, 0.25) is 0 Å². The maximum absolute atomic E-state index is 12.9. The number of carbonyl (C=O) groups excluding carboxylic acids is 1. The second kappa shape index (κ2) is 7.53. The summed E-state index contributed by atoms with van der Waals surface area (Å²) in [5, 5.41) is 12.6. The number of fused-ring (bicyclic) bond motifs is 3. The number of aliphatic carboxylic acids is 1. The second-order valence-electron chi connectivity index (χ2n) is 7.29. The third-order valence-electron chi connectivity index (χ3n) is 5.53. The van der Waals surface area contributed by atoms with Gasteiger partial charge in [0.05, 0.1) is 0 Å². The highest BCUT2D eigenvalue weighted by Crippen LogP contribution is 2.44. The average Bonchev–Trinajstić information content (AvgIpc) is 2.97. The van der Waals surface area contributed by atoms with Crippen LogP contribution in [0.15, 0.2) is 48.5 Å². The number of hydrogen-bond acceptors (Lipinski definition) is 4. The molecule has 1 aliphatic rings. The van der Waals surface area contributed by atoms with E-state index in [1.807, 2.05) is 36.4 Å². The molecule has 0 unspecified atom stereocenters. The molecule has 0 fully saturated rings. The molecule has 0 radical (unpaired) electrons. The molecule has 1 atom stereocenters. The third-order valence-corrected chi connectivity index (χ3v) is 5.53. The lowest BCUT2D eigenvalue weighted by Crippen LogP contribution is -2.51. The zero-order valence-corrected chi connectivity index (χ0v) is 15.9. The van der Waals surface area contributed by atoms with Gasteiger partial charge in [0.25, 0.3) is 0 Å². The number of esters is 1. The van der Waals surface area contributed by atoms with Crippen molar-refractivity contribution >= 4 is 11.9 Å². The number of hydrogen-bond donors (Lipinski definition) is 2. The third kappa shape index (κ3) is 3.12. The number of carboxylic acid groups (broad SMARTS) is 1. The van der Waals surface area contributed by atoms with E-state index in [9.17, 15) is 14.7 Å². The molecular weight excluding hydrogens is 342 g/mol. The Kier molecular flexibility index (Phi) is 5.33. The Morgan fingerprint density at radius 1 is 1.07 bits per heavy atom. The van der Waals surface area contributed by atoms with Gasteiger partial charge >= 0.3 is 11.9 Å². The molecule has 142 valence electrons. The first kappa shape index (κ1) is 19.1. The van der Waals surface area contributed by atoms with Gasteiger partial charge in [-0.25, -0.2) is 0 Å². The Bertz CT molecular complexity index is 815. The van der Waals surface area contributed by atoms with Crippen molar-refractivity contribution in [2.75, 3.05) is 20.2 Å². The predicted octanol–water partition coefficient (Wildman–Crippen LogP) is 3.29. The van der Waals surface area contributed by atoms with Crippen molar-refractivity contribution in [3.63, 3.8) is 0 Å². The average molecular weight is 367 g/mol. The Balaban J connectivity index is 1.88. The first-order chi connectivity index (χ1) is 12.9. The first-order valence-electron chi connectivity index (χ1n) is 9.17. The number of carbonyl (C=O) groups is 2. The number of nitrogens with one attached hydrogen (secondary N) is 1. The molecule has 0 heterocycles. The molecule has 1 aliphatic carbocycles. The highest BCUT2D eigenvalue weighted by atomic mass is 16.5. The van der Waals surface area contributed by atoms with Gasteiger partial charge in [-0.05, 0) is 35.2 Å². The van der Waals surface area contributed by atoms with Crippen LogP contribution in [0.5, 0.6) is 0 Å². The Labute approximate surface area is 159 Å². The molecule has 2 aromatic carbocycles. The zero-order chi connectivity index (χ0) is 19.6. The minimum Gasteiger partial charge on any atom is -0.480 e. The van der Waals surface area contributed by atoms with Crippen LogP contribution in [0.25, 0.3) is 11.1 Å². The minimum absolute atomic E-state index is 0.0245. The molecular formula is C22H25NO4. The van der Waals surface area contributed by atoms with Crippen LogP contribution in [-0.2, 0) is 14.3 Å². The summed E-state index contributed by atoms with van der Waals surface area (Å²) in [6, 6.07) is 16.1. The summed E-state index contributed by atoms with van der Waals surface area (Å²) in [7, 11) is 1.64. The van der Waals surface area contributed by atoms with E-state index in [0.717, 1.165) is 22.3 Å². The van der Waals surface area contributed by atoms with Crippen LogP contribution >= 0.6 is 0 Å².